The maximum absolute atomic E-state index is 12.4. The molecule has 1 heterocycles. The van der Waals surface area contributed by atoms with Crippen LogP contribution < -0.4 is 5.32 Å². The minimum absolute atomic E-state index is 0.119. The standard InChI is InChI=1S/C18H24BrN3O/c1-6-14-15(19)16(22(5)21-14)17(23)20-11-12-7-9-13(10-8-12)18(2,3)4/h7-10H,6,11H2,1-5H3,(H,20,23). The lowest BCUT2D eigenvalue weighted by Crippen LogP contribution is -2.25. The SMILES string of the molecule is CCc1nn(C)c(C(=O)NCc2ccc(C(C)(C)C)cc2)c1Br. The summed E-state index contributed by atoms with van der Waals surface area (Å²) in [4.78, 5) is 12.4. The van der Waals surface area contributed by atoms with Crippen LogP contribution in [-0.2, 0) is 25.4 Å². The van der Waals surface area contributed by atoms with Gasteiger partial charge in [-0.3, -0.25) is 9.48 Å². The van der Waals surface area contributed by atoms with Crippen molar-refractivity contribution in [2.45, 2.75) is 46.1 Å². The molecule has 0 saturated heterocycles. The molecule has 0 atom stereocenters. The lowest BCUT2D eigenvalue weighted by molar-refractivity contribution is 0.0940. The Bertz CT molecular complexity index is 696. The van der Waals surface area contributed by atoms with Crippen molar-refractivity contribution in [1.82, 2.24) is 15.1 Å². The topological polar surface area (TPSA) is 46.9 Å². The van der Waals surface area contributed by atoms with Gasteiger partial charge < -0.3 is 5.32 Å². The fourth-order valence-electron chi connectivity index (χ4n) is 2.41. The largest absolute Gasteiger partial charge is 0.347 e. The molecule has 2 aromatic rings. The van der Waals surface area contributed by atoms with Gasteiger partial charge in [0, 0.05) is 13.6 Å². The second-order valence-corrected chi connectivity index (χ2v) is 7.51. The molecule has 5 heteroatoms. The molecule has 23 heavy (non-hydrogen) atoms. The van der Waals surface area contributed by atoms with E-state index in [0.717, 1.165) is 22.2 Å². The van der Waals surface area contributed by atoms with E-state index in [9.17, 15) is 4.79 Å². The number of carbonyl (C=O) groups is 1. The van der Waals surface area contributed by atoms with Gasteiger partial charge >= 0.3 is 0 Å². The number of nitrogens with zero attached hydrogens (tertiary/aromatic N) is 2. The highest BCUT2D eigenvalue weighted by molar-refractivity contribution is 9.10. The first-order valence-corrected chi connectivity index (χ1v) is 8.62. The van der Waals surface area contributed by atoms with E-state index in [2.05, 4.69) is 71.4 Å². The molecule has 1 aromatic heterocycles. The predicted molar refractivity (Wildman–Crippen MR) is 96.6 cm³/mol. The summed E-state index contributed by atoms with van der Waals surface area (Å²) in [5.41, 5.74) is 3.97. The molecule has 0 unspecified atom stereocenters. The van der Waals surface area contributed by atoms with Crippen molar-refractivity contribution in [2.75, 3.05) is 0 Å². The number of nitrogens with one attached hydrogen (secondary N) is 1. The summed E-state index contributed by atoms with van der Waals surface area (Å²) in [7, 11) is 1.79. The molecule has 0 saturated carbocycles. The summed E-state index contributed by atoms with van der Waals surface area (Å²) in [5.74, 6) is -0.119. The maximum atomic E-state index is 12.4. The van der Waals surface area contributed by atoms with Crippen molar-refractivity contribution in [3.05, 3.63) is 51.3 Å². The second kappa shape index (κ2) is 6.87. The van der Waals surface area contributed by atoms with Crippen LogP contribution in [0.4, 0.5) is 0 Å². The van der Waals surface area contributed by atoms with Crippen LogP contribution in [0.2, 0.25) is 0 Å². The Hall–Kier alpha value is -1.62. The number of hydrogen-bond acceptors (Lipinski definition) is 2. The molecule has 0 radical (unpaired) electrons. The van der Waals surface area contributed by atoms with Gasteiger partial charge in [-0.05, 0) is 38.9 Å². The minimum Gasteiger partial charge on any atom is -0.347 e. The Morgan fingerprint density at radius 1 is 1.26 bits per heavy atom. The number of amides is 1. The normalized spacial score (nSPS) is 11.6. The number of aromatic nitrogens is 2. The molecule has 1 N–H and O–H groups in total. The van der Waals surface area contributed by atoms with Crippen LogP contribution in [0.3, 0.4) is 0 Å². The smallest absolute Gasteiger partial charge is 0.270 e. The van der Waals surface area contributed by atoms with Crippen LogP contribution in [0.5, 0.6) is 0 Å². The summed E-state index contributed by atoms with van der Waals surface area (Å²) in [6.45, 7) is 9.09. The minimum atomic E-state index is -0.119. The third-order valence-electron chi connectivity index (χ3n) is 3.88. The molecule has 1 amide bonds. The molecule has 4 nitrogen and oxygen atoms in total. The molecular formula is C18H24BrN3O. The Kier molecular flexibility index (Phi) is 5.30. The third kappa shape index (κ3) is 4.02. The molecule has 0 aliphatic heterocycles. The quantitative estimate of drug-likeness (QED) is 0.875. The van der Waals surface area contributed by atoms with Crippen molar-refractivity contribution in [3.8, 4) is 0 Å². The van der Waals surface area contributed by atoms with E-state index >= 15 is 0 Å². The van der Waals surface area contributed by atoms with E-state index in [-0.39, 0.29) is 11.3 Å². The van der Waals surface area contributed by atoms with Gasteiger partial charge in [-0.1, -0.05) is 52.0 Å². The van der Waals surface area contributed by atoms with Gasteiger partial charge in [0.15, 0.2) is 0 Å². The summed E-state index contributed by atoms with van der Waals surface area (Å²) in [6.07, 6.45) is 0.788. The van der Waals surface area contributed by atoms with E-state index in [1.807, 2.05) is 6.92 Å². The van der Waals surface area contributed by atoms with Gasteiger partial charge in [-0.15, -0.1) is 0 Å². The number of carbonyl (C=O) groups excluding carboxylic acids is 1. The highest BCUT2D eigenvalue weighted by Crippen LogP contribution is 2.23. The fraction of sp³-hybridized carbons (Fsp3) is 0.444. The molecule has 2 rings (SSSR count). The first-order chi connectivity index (χ1) is 10.7. The zero-order valence-electron chi connectivity index (χ0n) is 14.4. The zero-order chi connectivity index (χ0) is 17.2. The van der Waals surface area contributed by atoms with Crippen molar-refractivity contribution >= 4 is 21.8 Å². The van der Waals surface area contributed by atoms with Crippen molar-refractivity contribution in [1.29, 1.82) is 0 Å². The number of aryl methyl sites for hydroxylation is 2. The average molecular weight is 378 g/mol. The lowest BCUT2D eigenvalue weighted by Gasteiger charge is -2.19. The molecule has 0 spiro atoms. The molecule has 0 fully saturated rings. The van der Waals surface area contributed by atoms with Crippen molar-refractivity contribution in [2.24, 2.45) is 7.05 Å². The van der Waals surface area contributed by atoms with Gasteiger partial charge in [-0.25, -0.2) is 0 Å². The van der Waals surface area contributed by atoms with Crippen molar-refractivity contribution in [3.63, 3.8) is 0 Å². The Labute approximate surface area is 146 Å². The maximum Gasteiger partial charge on any atom is 0.270 e. The van der Waals surface area contributed by atoms with Crippen LogP contribution in [-0.4, -0.2) is 15.7 Å². The Morgan fingerprint density at radius 2 is 1.87 bits per heavy atom. The number of benzene rings is 1. The summed E-state index contributed by atoms with van der Waals surface area (Å²) in [5, 5.41) is 7.32. The second-order valence-electron chi connectivity index (χ2n) is 6.72. The highest BCUT2D eigenvalue weighted by Gasteiger charge is 2.19. The Balaban J connectivity index is 2.06. The van der Waals surface area contributed by atoms with E-state index < -0.39 is 0 Å². The van der Waals surface area contributed by atoms with Gasteiger partial charge in [0.05, 0.1) is 10.2 Å². The number of hydrogen-bond donors (Lipinski definition) is 1. The molecular weight excluding hydrogens is 354 g/mol. The van der Waals surface area contributed by atoms with Crippen LogP contribution >= 0.6 is 15.9 Å². The molecule has 0 bridgehead atoms. The molecule has 1 aromatic carbocycles. The van der Waals surface area contributed by atoms with Crippen LogP contribution in [0.15, 0.2) is 28.7 Å². The average Bonchev–Trinajstić information content (AvgIpc) is 2.78. The molecule has 0 aliphatic rings. The first-order valence-electron chi connectivity index (χ1n) is 7.83. The van der Waals surface area contributed by atoms with Crippen molar-refractivity contribution < 1.29 is 4.79 Å². The summed E-state index contributed by atoms with van der Waals surface area (Å²) >= 11 is 3.48. The van der Waals surface area contributed by atoms with Gasteiger partial charge in [0.2, 0.25) is 0 Å². The van der Waals surface area contributed by atoms with Crippen LogP contribution in [0.1, 0.15) is 55.0 Å². The van der Waals surface area contributed by atoms with E-state index in [4.69, 9.17) is 0 Å². The van der Waals surface area contributed by atoms with Gasteiger partial charge in [0.1, 0.15) is 5.69 Å². The first kappa shape index (κ1) is 17.7. The van der Waals surface area contributed by atoms with E-state index in [1.165, 1.54) is 5.56 Å². The monoisotopic (exact) mass is 377 g/mol. The van der Waals surface area contributed by atoms with Gasteiger partial charge in [0.25, 0.3) is 5.91 Å². The number of rotatable bonds is 4. The third-order valence-corrected chi connectivity index (χ3v) is 4.71. The van der Waals surface area contributed by atoms with Crippen LogP contribution in [0, 0.1) is 0 Å². The summed E-state index contributed by atoms with van der Waals surface area (Å²) in [6, 6.07) is 8.38. The van der Waals surface area contributed by atoms with Gasteiger partial charge in [-0.2, -0.15) is 5.10 Å². The highest BCUT2D eigenvalue weighted by atomic mass is 79.9. The fourth-order valence-corrected chi connectivity index (χ4v) is 3.21. The van der Waals surface area contributed by atoms with E-state index in [0.29, 0.717) is 12.2 Å². The predicted octanol–water partition coefficient (Wildman–Crippen LogP) is 3.97. The summed E-state index contributed by atoms with van der Waals surface area (Å²) < 4.78 is 2.41. The molecule has 124 valence electrons. The Morgan fingerprint density at radius 3 is 2.35 bits per heavy atom. The zero-order valence-corrected chi connectivity index (χ0v) is 16.0. The number of halogens is 1. The lowest BCUT2D eigenvalue weighted by atomic mass is 9.87. The van der Waals surface area contributed by atoms with Crippen LogP contribution in [0.25, 0.3) is 0 Å². The van der Waals surface area contributed by atoms with E-state index in [1.54, 1.807) is 11.7 Å². The molecule has 0 aliphatic carbocycles.